The van der Waals surface area contributed by atoms with Crippen LogP contribution in [-0.2, 0) is 0 Å². The molecule has 12 aliphatic rings. The maximum absolute atomic E-state index is 4.05. The van der Waals surface area contributed by atoms with Crippen LogP contribution in [0.3, 0.4) is 0 Å². The number of hydrogen-bond acceptors (Lipinski definition) is 5. The quantitative estimate of drug-likeness (QED) is 0.297. The first-order chi connectivity index (χ1) is 27.7. The predicted octanol–water partition coefficient (Wildman–Crippen LogP) is 10.7. The highest BCUT2D eigenvalue weighted by Gasteiger charge is 2.61. The molecule has 5 heterocycles. The number of nitrogens with one attached hydrogen (secondary N) is 2. The van der Waals surface area contributed by atoms with Gasteiger partial charge in [-0.15, -0.1) is 0 Å². The number of likely N-dealkylation sites (tertiary alicyclic amines) is 2. The minimum absolute atomic E-state index is 0.755. The van der Waals surface area contributed by atoms with Crippen molar-refractivity contribution in [1.82, 2.24) is 20.4 Å². The number of fused-ring (bicyclic) bond motifs is 10. The second-order valence-electron chi connectivity index (χ2n) is 23.6. The van der Waals surface area contributed by atoms with E-state index in [2.05, 4.69) is 39.1 Å². The minimum Gasteiger partial charge on any atom is -0.312 e. The zero-order valence-electron chi connectivity index (χ0n) is 35.9. The maximum Gasteiger partial charge on any atom is 0.0252 e. The minimum atomic E-state index is 0.755. The summed E-state index contributed by atoms with van der Waals surface area (Å²) in [7, 11) is 0. The Kier molecular flexibility index (Phi) is 10.7. The Labute approximate surface area is 348 Å². The standard InChI is InChI=1S/C51H84N4S/c1-31-26-34(28-43-38-12-5-7-15-45(38)55(51(31)43)35-10-3-2-4-11-35)33-19-22-46-40(27-33)41-29-42-39-13-6-8-16-48(39)56-49(42)30-47(41)54(46)36-20-17-32(18-21-36)37-23-25-52-44-14-9-24-53-50(37)44/h31-53H,2-30H2,1H3. The van der Waals surface area contributed by atoms with Crippen molar-refractivity contribution in [3.05, 3.63) is 0 Å². The van der Waals surface area contributed by atoms with Gasteiger partial charge in [0.25, 0.3) is 0 Å². The van der Waals surface area contributed by atoms with E-state index in [0.717, 1.165) is 124 Å². The Bertz CT molecular complexity index is 1360. The van der Waals surface area contributed by atoms with Gasteiger partial charge in [0.15, 0.2) is 0 Å². The van der Waals surface area contributed by atoms with Crippen LogP contribution >= 0.6 is 11.8 Å². The van der Waals surface area contributed by atoms with Crippen LogP contribution in [0.1, 0.15) is 180 Å². The summed E-state index contributed by atoms with van der Waals surface area (Å²) in [6, 6.07) is 7.10. The molecule has 56 heavy (non-hydrogen) atoms. The van der Waals surface area contributed by atoms with E-state index >= 15 is 0 Å². The first-order valence-electron chi connectivity index (χ1n) is 26.3. The molecule has 5 heteroatoms. The number of rotatable bonds is 4. The first-order valence-corrected chi connectivity index (χ1v) is 27.3. The third kappa shape index (κ3) is 6.45. The summed E-state index contributed by atoms with van der Waals surface area (Å²) in [5.41, 5.74) is 0. The number of thioether (sulfide) groups is 1. The van der Waals surface area contributed by atoms with Crippen molar-refractivity contribution < 1.29 is 0 Å². The average Bonchev–Trinajstić information content (AvgIpc) is 3.90. The molecule has 7 saturated carbocycles. The summed E-state index contributed by atoms with van der Waals surface area (Å²) >= 11 is 2.55. The molecule has 5 saturated heterocycles. The van der Waals surface area contributed by atoms with Crippen molar-refractivity contribution in [2.24, 2.45) is 65.1 Å². The lowest BCUT2D eigenvalue weighted by Gasteiger charge is -2.50. The van der Waals surface area contributed by atoms with Gasteiger partial charge in [0.2, 0.25) is 0 Å². The molecule has 5 aliphatic heterocycles. The molecular weight excluding hydrogens is 701 g/mol. The Morgan fingerprint density at radius 2 is 1.14 bits per heavy atom. The van der Waals surface area contributed by atoms with E-state index in [1.807, 2.05) is 0 Å². The van der Waals surface area contributed by atoms with Crippen molar-refractivity contribution in [2.45, 2.75) is 239 Å². The predicted molar refractivity (Wildman–Crippen MR) is 234 cm³/mol. The van der Waals surface area contributed by atoms with E-state index < -0.39 is 0 Å². The van der Waals surface area contributed by atoms with Crippen LogP contribution in [0.2, 0.25) is 0 Å². The molecule has 12 fully saturated rings. The number of hydrogen-bond donors (Lipinski definition) is 2. The molecule has 0 spiro atoms. The van der Waals surface area contributed by atoms with Crippen LogP contribution in [-0.4, -0.2) is 81.7 Å². The van der Waals surface area contributed by atoms with E-state index in [1.165, 1.54) is 116 Å². The molecule has 0 radical (unpaired) electrons. The average molecular weight is 785 g/mol. The Morgan fingerprint density at radius 1 is 0.411 bits per heavy atom. The van der Waals surface area contributed by atoms with Gasteiger partial charge in [-0.2, -0.15) is 11.8 Å². The van der Waals surface area contributed by atoms with Gasteiger partial charge in [-0.25, -0.2) is 0 Å². The lowest BCUT2D eigenvalue weighted by Crippen LogP contribution is -2.61. The highest BCUT2D eigenvalue weighted by atomic mass is 32.2. The smallest absolute Gasteiger partial charge is 0.0252 e. The SMILES string of the molecule is CC1CC(C2CCC3C(C2)C2CC4C(CC2N3C2CCC(C3CCNC5CCCNC53)CC2)SC2CCCCC24)CC2C3CCCCC3N(C3CCCCC3)C12. The number of nitrogens with zero attached hydrogens (tertiary/aromatic N) is 2. The van der Waals surface area contributed by atoms with Gasteiger partial charge in [-0.05, 0) is 207 Å². The van der Waals surface area contributed by atoms with Crippen LogP contribution in [0, 0.1) is 65.1 Å². The molecule has 0 aromatic heterocycles. The fourth-order valence-electron chi connectivity index (χ4n) is 19.5. The van der Waals surface area contributed by atoms with Crippen LogP contribution in [0.15, 0.2) is 0 Å². The molecule has 18 atom stereocenters. The molecule has 0 amide bonds. The van der Waals surface area contributed by atoms with Gasteiger partial charge < -0.3 is 10.6 Å². The summed E-state index contributed by atoms with van der Waals surface area (Å²) in [6.45, 7) is 5.32. The molecule has 314 valence electrons. The van der Waals surface area contributed by atoms with E-state index in [-0.39, 0.29) is 0 Å². The zero-order chi connectivity index (χ0) is 36.9. The normalized spacial score (nSPS) is 55.2. The van der Waals surface area contributed by atoms with Crippen LogP contribution < -0.4 is 10.6 Å². The van der Waals surface area contributed by atoms with Gasteiger partial charge >= 0.3 is 0 Å². The molecule has 12 rings (SSSR count). The fourth-order valence-corrected chi connectivity index (χ4v) is 21.7. The molecular formula is C51H84N4S. The molecule has 2 N–H and O–H groups in total. The third-order valence-electron chi connectivity index (χ3n) is 21.5. The first kappa shape index (κ1) is 37.9. The molecule has 18 unspecified atom stereocenters. The van der Waals surface area contributed by atoms with Crippen molar-refractivity contribution in [1.29, 1.82) is 0 Å². The Balaban J connectivity index is 0.778. The van der Waals surface area contributed by atoms with Gasteiger partial charge in [0.1, 0.15) is 0 Å². The largest absolute Gasteiger partial charge is 0.312 e. The molecule has 0 aromatic carbocycles. The van der Waals surface area contributed by atoms with E-state index in [0.29, 0.717) is 0 Å². The van der Waals surface area contributed by atoms with Crippen LogP contribution in [0.5, 0.6) is 0 Å². The van der Waals surface area contributed by atoms with Crippen LogP contribution in [0.25, 0.3) is 0 Å². The second kappa shape index (κ2) is 15.8. The topological polar surface area (TPSA) is 30.5 Å². The highest BCUT2D eigenvalue weighted by molar-refractivity contribution is 8.00. The Morgan fingerprint density at radius 3 is 2.04 bits per heavy atom. The summed E-state index contributed by atoms with van der Waals surface area (Å²) < 4.78 is 0. The van der Waals surface area contributed by atoms with Gasteiger partial charge in [0, 0.05) is 58.8 Å². The van der Waals surface area contributed by atoms with E-state index in [1.54, 1.807) is 70.6 Å². The monoisotopic (exact) mass is 785 g/mol. The fraction of sp³-hybridized carbons (Fsp3) is 1.00. The van der Waals surface area contributed by atoms with E-state index in [4.69, 9.17) is 0 Å². The summed E-state index contributed by atoms with van der Waals surface area (Å²) in [5.74, 6) is 11.2. The van der Waals surface area contributed by atoms with Crippen molar-refractivity contribution in [3.63, 3.8) is 0 Å². The second-order valence-corrected chi connectivity index (χ2v) is 25.1. The summed E-state index contributed by atoms with van der Waals surface area (Å²) in [4.78, 5) is 6.71. The van der Waals surface area contributed by atoms with E-state index in [9.17, 15) is 0 Å². The lowest BCUT2D eigenvalue weighted by atomic mass is 9.59. The summed E-state index contributed by atoms with van der Waals surface area (Å²) in [5, 5.41) is 10.0. The molecule has 0 aromatic rings. The van der Waals surface area contributed by atoms with Gasteiger partial charge in [-0.3, -0.25) is 9.80 Å². The van der Waals surface area contributed by atoms with Crippen molar-refractivity contribution >= 4 is 11.8 Å². The zero-order valence-corrected chi connectivity index (χ0v) is 36.7. The third-order valence-corrected chi connectivity index (χ3v) is 23.3. The number of piperidine rings is 2. The highest BCUT2D eigenvalue weighted by Crippen LogP contribution is 2.63. The maximum atomic E-state index is 4.05. The van der Waals surface area contributed by atoms with Gasteiger partial charge in [0.05, 0.1) is 0 Å². The molecule has 0 bridgehead atoms. The molecule has 4 nitrogen and oxygen atoms in total. The Hall–Kier alpha value is 0.190. The van der Waals surface area contributed by atoms with Crippen molar-refractivity contribution in [3.8, 4) is 0 Å². The molecule has 7 aliphatic carbocycles. The van der Waals surface area contributed by atoms with Gasteiger partial charge in [-0.1, -0.05) is 51.9 Å². The summed E-state index contributed by atoms with van der Waals surface area (Å²) in [6.07, 6.45) is 41.5. The van der Waals surface area contributed by atoms with Crippen LogP contribution in [0.4, 0.5) is 0 Å². The van der Waals surface area contributed by atoms with Crippen molar-refractivity contribution in [2.75, 3.05) is 13.1 Å². The lowest BCUT2D eigenvalue weighted by molar-refractivity contribution is 0.00397.